The third-order valence-electron chi connectivity index (χ3n) is 3.29. The predicted octanol–water partition coefficient (Wildman–Crippen LogP) is 2.97. The summed E-state index contributed by atoms with van der Waals surface area (Å²) in [6.07, 6.45) is 0.898. The van der Waals surface area contributed by atoms with Crippen molar-refractivity contribution in [3.8, 4) is 17.2 Å². The summed E-state index contributed by atoms with van der Waals surface area (Å²) in [6, 6.07) is 7.59. The largest absolute Gasteiger partial charge is 0.496 e. The molecule has 0 aliphatic carbocycles. The van der Waals surface area contributed by atoms with Gasteiger partial charge in [-0.2, -0.15) is 0 Å². The average molecular weight is 291 g/mol. The van der Waals surface area contributed by atoms with E-state index in [9.17, 15) is 0 Å². The molecule has 106 valence electrons. The third-order valence-corrected chi connectivity index (χ3v) is 4.27. The summed E-state index contributed by atoms with van der Waals surface area (Å²) in [5.74, 6) is 2.39. The maximum absolute atomic E-state index is 6.34. The highest BCUT2D eigenvalue weighted by molar-refractivity contribution is 7.10. The third kappa shape index (κ3) is 2.46. The molecule has 5 heteroatoms. The van der Waals surface area contributed by atoms with Gasteiger partial charge < -0.3 is 19.9 Å². The molecule has 0 saturated carbocycles. The van der Waals surface area contributed by atoms with Crippen LogP contribution in [0.3, 0.4) is 0 Å². The number of nitrogens with two attached hydrogens (primary N) is 1. The molecule has 0 fully saturated rings. The molecule has 1 aliphatic rings. The number of fused-ring (bicyclic) bond motifs is 1. The maximum atomic E-state index is 6.34. The molecule has 3 rings (SSSR count). The van der Waals surface area contributed by atoms with Gasteiger partial charge in [0.1, 0.15) is 5.75 Å². The summed E-state index contributed by atoms with van der Waals surface area (Å²) in [5, 5.41) is 1.98. The van der Waals surface area contributed by atoms with E-state index in [4.69, 9.17) is 19.9 Å². The van der Waals surface area contributed by atoms with Crippen LogP contribution < -0.4 is 19.9 Å². The zero-order valence-electron chi connectivity index (χ0n) is 11.3. The van der Waals surface area contributed by atoms with Crippen molar-refractivity contribution in [1.82, 2.24) is 0 Å². The van der Waals surface area contributed by atoms with Crippen molar-refractivity contribution in [2.24, 2.45) is 5.73 Å². The second-order valence-corrected chi connectivity index (χ2v) is 5.54. The van der Waals surface area contributed by atoms with Gasteiger partial charge in [0.2, 0.25) is 0 Å². The lowest BCUT2D eigenvalue weighted by molar-refractivity contribution is 0.297. The topological polar surface area (TPSA) is 53.7 Å². The van der Waals surface area contributed by atoms with Crippen LogP contribution in [0.4, 0.5) is 0 Å². The van der Waals surface area contributed by atoms with Gasteiger partial charge in [0.25, 0.3) is 0 Å². The Morgan fingerprint density at radius 3 is 2.80 bits per heavy atom. The highest BCUT2D eigenvalue weighted by atomic mass is 32.1. The van der Waals surface area contributed by atoms with E-state index in [1.165, 1.54) is 0 Å². The molecule has 0 radical (unpaired) electrons. The van der Waals surface area contributed by atoms with Crippen molar-refractivity contribution in [3.63, 3.8) is 0 Å². The van der Waals surface area contributed by atoms with Crippen LogP contribution in [0.25, 0.3) is 0 Å². The van der Waals surface area contributed by atoms with E-state index in [1.54, 1.807) is 18.4 Å². The Labute approximate surface area is 122 Å². The first-order valence-electron chi connectivity index (χ1n) is 6.56. The van der Waals surface area contributed by atoms with E-state index in [0.717, 1.165) is 34.1 Å². The van der Waals surface area contributed by atoms with E-state index in [0.29, 0.717) is 13.2 Å². The summed E-state index contributed by atoms with van der Waals surface area (Å²) in [7, 11) is 1.66. The lowest BCUT2D eigenvalue weighted by atomic mass is 10.1. The summed E-state index contributed by atoms with van der Waals surface area (Å²) < 4.78 is 16.7. The maximum Gasteiger partial charge on any atom is 0.161 e. The van der Waals surface area contributed by atoms with Crippen molar-refractivity contribution in [2.45, 2.75) is 12.5 Å². The molecule has 0 amide bonds. The van der Waals surface area contributed by atoms with E-state index in [1.807, 2.05) is 29.6 Å². The van der Waals surface area contributed by atoms with Crippen LogP contribution >= 0.6 is 11.3 Å². The molecule has 1 aromatic carbocycles. The molecular formula is C15H17NO3S. The molecule has 2 N–H and O–H groups in total. The molecule has 1 unspecified atom stereocenters. The second kappa shape index (κ2) is 5.73. The average Bonchev–Trinajstić information content (AvgIpc) is 2.83. The summed E-state index contributed by atoms with van der Waals surface area (Å²) >= 11 is 1.60. The Morgan fingerprint density at radius 2 is 2.00 bits per heavy atom. The fourth-order valence-corrected chi connectivity index (χ4v) is 3.12. The lowest BCUT2D eigenvalue weighted by Gasteiger charge is -2.15. The quantitative estimate of drug-likeness (QED) is 0.944. The molecule has 1 aliphatic heterocycles. The SMILES string of the molecule is COc1ccsc1C(N)c1ccc2c(c1)OCCCO2. The minimum absolute atomic E-state index is 0.220. The number of benzene rings is 1. The minimum atomic E-state index is -0.220. The molecule has 1 aromatic heterocycles. The van der Waals surface area contributed by atoms with Crippen LogP contribution in [0.5, 0.6) is 17.2 Å². The van der Waals surface area contributed by atoms with E-state index >= 15 is 0 Å². The van der Waals surface area contributed by atoms with E-state index in [-0.39, 0.29) is 6.04 Å². The van der Waals surface area contributed by atoms with E-state index in [2.05, 4.69) is 0 Å². The van der Waals surface area contributed by atoms with Crippen LogP contribution in [0, 0.1) is 0 Å². The smallest absolute Gasteiger partial charge is 0.161 e. The molecule has 0 saturated heterocycles. The van der Waals surface area contributed by atoms with Crippen LogP contribution in [0.1, 0.15) is 22.9 Å². The molecule has 2 heterocycles. The first-order chi connectivity index (χ1) is 9.79. The molecule has 1 atom stereocenters. The standard InChI is InChI=1S/C15H17NO3S/c1-17-12-5-8-20-15(12)14(16)10-3-4-11-13(9-10)19-7-2-6-18-11/h3-5,8-9,14H,2,6-7,16H2,1H3. The van der Waals surface area contributed by atoms with E-state index < -0.39 is 0 Å². The lowest BCUT2D eigenvalue weighted by Crippen LogP contribution is -2.11. The monoisotopic (exact) mass is 291 g/mol. The molecule has 20 heavy (non-hydrogen) atoms. The highest BCUT2D eigenvalue weighted by Gasteiger charge is 2.18. The van der Waals surface area contributed by atoms with Gasteiger partial charge in [-0.25, -0.2) is 0 Å². The molecular weight excluding hydrogens is 274 g/mol. The van der Waals surface area contributed by atoms with Crippen LogP contribution in [0.2, 0.25) is 0 Å². The fourth-order valence-electron chi connectivity index (χ4n) is 2.23. The van der Waals surface area contributed by atoms with Crippen molar-refractivity contribution in [3.05, 3.63) is 40.1 Å². The van der Waals surface area contributed by atoms with Crippen molar-refractivity contribution >= 4 is 11.3 Å². The first kappa shape index (κ1) is 13.3. The van der Waals surface area contributed by atoms with Gasteiger partial charge in [-0.1, -0.05) is 6.07 Å². The summed E-state index contributed by atoms with van der Waals surface area (Å²) in [6.45, 7) is 1.37. The summed E-state index contributed by atoms with van der Waals surface area (Å²) in [5.41, 5.74) is 7.34. The fraction of sp³-hybridized carbons (Fsp3) is 0.333. The van der Waals surface area contributed by atoms with Gasteiger partial charge in [-0.05, 0) is 29.1 Å². The number of ether oxygens (including phenoxy) is 3. The number of methoxy groups -OCH3 is 1. The van der Waals surface area contributed by atoms with Crippen molar-refractivity contribution < 1.29 is 14.2 Å². The zero-order valence-corrected chi connectivity index (χ0v) is 12.1. The first-order valence-corrected chi connectivity index (χ1v) is 7.44. The second-order valence-electron chi connectivity index (χ2n) is 4.59. The number of hydrogen-bond donors (Lipinski definition) is 1. The van der Waals surface area contributed by atoms with Crippen molar-refractivity contribution in [2.75, 3.05) is 20.3 Å². The Bertz CT molecular complexity index is 597. The number of hydrogen-bond acceptors (Lipinski definition) is 5. The van der Waals surface area contributed by atoms with Gasteiger partial charge in [0, 0.05) is 6.42 Å². The van der Waals surface area contributed by atoms with Gasteiger partial charge in [0.15, 0.2) is 11.5 Å². The van der Waals surface area contributed by atoms with Crippen LogP contribution in [-0.2, 0) is 0 Å². The normalized spacial score (nSPS) is 15.5. The van der Waals surface area contributed by atoms with Crippen molar-refractivity contribution in [1.29, 1.82) is 0 Å². The number of rotatable bonds is 3. The molecule has 0 spiro atoms. The summed E-state index contributed by atoms with van der Waals surface area (Å²) in [4.78, 5) is 1.02. The van der Waals surface area contributed by atoms with Gasteiger partial charge in [0.05, 0.1) is 31.2 Å². The predicted molar refractivity (Wildman–Crippen MR) is 79.0 cm³/mol. The van der Waals surface area contributed by atoms with Gasteiger partial charge in [-0.3, -0.25) is 0 Å². The Kier molecular flexibility index (Phi) is 3.80. The Balaban J connectivity index is 1.92. The Hall–Kier alpha value is -1.72. The van der Waals surface area contributed by atoms with Crippen LogP contribution in [0.15, 0.2) is 29.6 Å². The minimum Gasteiger partial charge on any atom is -0.496 e. The number of thiophene rings is 1. The molecule has 2 aromatic rings. The van der Waals surface area contributed by atoms with Crippen LogP contribution in [-0.4, -0.2) is 20.3 Å². The molecule has 0 bridgehead atoms. The van der Waals surface area contributed by atoms with Gasteiger partial charge >= 0.3 is 0 Å². The van der Waals surface area contributed by atoms with Gasteiger partial charge in [-0.15, -0.1) is 11.3 Å². The molecule has 4 nitrogen and oxygen atoms in total. The Morgan fingerprint density at radius 1 is 1.20 bits per heavy atom. The zero-order chi connectivity index (χ0) is 13.9. The highest BCUT2D eigenvalue weighted by Crippen LogP contribution is 2.37.